The lowest BCUT2D eigenvalue weighted by atomic mass is 9.76. The molecular weight excluding hydrogens is 446 g/mol. The maximum Gasteiger partial charge on any atom is 0.0465 e. The van der Waals surface area contributed by atoms with Crippen LogP contribution in [0.25, 0.3) is 22.3 Å². The Morgan fingerprint density at radius 3 is 1.81 bits per heavy atom. The first-order chi connectivity index (χ1) is 18.2. The molecule has 1 heteroatoms. The van der Waals surface area contributed by atoms with E-state index in [0.717, 1.165) is 0 Å². The summed E-state index contributed by atoms with van der Waals surface area (Å²) in [6, 6.07) is 44.8. The molecule has 0 aromatic heterocycles. The van der Waals surface area contributed by atoms with Crippen LogP contribution in [0.15, 0.2) is 121 Å². The normalized spacial score (nSPS) is 14.9. The van der Waals surface area contributed by atoms with Crippen molar-refractivity contribution in [1.29, 1.82) is 0 Å². The molecule has 0 saturated heterocycles. The Morgan fingerprint density at radius 1 is 0.514 bits per heavy atom. The van der Waals surface area contributed by atoms with E-state index in [2.05, 4.69) is 133 Å². The standard InChI is InChI=1S/C36H31N/c1-26-13-15-27(16-14-26)28-17-19-30(20-18-28)37(29-9-3-2-4-10-29)31-21-22-33-32-11-5-6-12-34(32)36(35(33)25-31)23-7-8-24-36/h2-6,9-22,25H,7-8,23-24H2,1H3. The van der Waals surface area contributed by atoms with Crippen LogP contribution in [0.1, 0.15) is 42.4 Å². The Morgan fingerprint density at radius 2 is 1.08 bits per heavy atom. The fraction of sp³-hybridized carbons (Fsp3) is 0.167. The molecule has 1 saturated carbocycles. The number of para-hydroxylation sites is 1. The second-order valence-electron chi connectivity index (χ2n) is 10.6. The Labute approximate surface area is 220 Å². The van der Waals surface area contributed by atoms with Gasteiger partial charge in [-0.05, 0) is 89.5 Å². The zero-order valence-corrected chi connectivity index (χ0v) is 21.3. The number of nitrogens with zero attached hydrogens (tertiary/aromatic N) is 1. The molecule has 0 aliphatic heterocycles. The average molecular weight is 478 g/mol. The van der Waals surface area contributed by atoms with Gasteiger partial charge in [-0.25, -0.2) is 0 Å². The largest absolute Gasteiger partial charge is 0.310 e. The predicted molar refractivity (Wildman–Crippen MR) is 156 cm³/mol. The van der Waals surface area contributed by atoms with Gasteiger partial charge in [0.25, 0.3) is 0 Å². The molecule has 0 N–H and O–H groups in total. The Kier molecular flexibility index (Phi) is 5.25. The van der Waals surface area contributed by atoms with Crippen LogP contribution in [0.2, 0.25) is 0 Å². The summed E-state index contributed by atoms with van der Waals surface area (Å²) in [5.41, 5.74) is 13.4. The zero-order chi connectivity index (χ0) is 24.8. The topological polar surface area (TPSA) is 3.24 Å². The fourth-order valence-corrected chi connectivity index (χ4v) is 6.67. The van der Waals surface area contributed by atoms with E-state index in [9.17, 15) is 0 Å². The van der Waals surface area contributed by atoms with E-state index in [1.165, 1.54) is 81.7 Å². The Balaban J connectivity index is 1.35. The highest BCUT2D eigenvalue weighted by atomic mass is 15.1. The molecule has 0 atom stereocenters. The molecule has 0 unspecified atom stereocenters. The number of aryl methyl sites for hydroxylation is 1. The molecule has 2 aliphatic carbocycles. The minimum absolute atomic E-state index is 0.166. The van der Waals surface area contributed by atoms with Gasteiger partial charge in [0.05, 0.1) is 0 Å². The zero-order valence-electron chi connectivity index (χ0n) is 21.3. The van der Waals surface area contributed by atoms with Crippen LogP contribution in [0.4, 0.5) is 17.1 Å². The molecule has 5 aromatic rings. The lowest BCUT2D eigenvalue weighted by Gasteiger charge is -2.30. The Hall–Kier alpha value is -4.10. The lowest BCUT2D eigenvalue weighted by molar-refractivity contribution is 0.550. The van der Waals surface area contributed by atoms with E-state index in [1.807, 2.05) is 0 Å². The fourth-order valence-electron chi connectivity index (χ4n) is 6.67. The summed E-state index contributed by atoms with van der Waals surface area (Å²) in [7, 11) is 0. The van der Waals surface area contributed by atoms with Crippen LogP contribution in [0.5, 0.6) is 0 Å². The third kappa shape index (κ3) is 3.61. The van der Waals surface area contributed by atoms with Crippen molar-refractivity contribution in [3.8, 4) is 22.3 Å². The van der Waals surface area contributed by atoms with E-state index in [-0.39, 0.29) is 5.41 Å². The number of hydrogen-bond acceptors (Lipinski definition) is 1. The SMILES string of the molecule is Cc1ccc(-c2ccc(N(c3ccccc3)c3ccc4c(c3)C3(CCCC3)c3ccccc3-4)cc2)cc1. The van der Waals surface area contributed by atoms with Crippen molar-refractivity contribution in [3.63, 3.8) is 0 Å². The number of rotatable bonds is 4. The highest BCUT2D eigenvalue weighted by Gasteiger charge is 2.45. The molecule has 0 radical (unpaired) electrons. The molecule has 1 nitrogen and oxygen atoms in total. The van der Waals surface area contributed by atoms with Crippen molar-refractivity contribution in [2.75, 3.05) is 4.90 Å². The van der Waals surface area contributed by atoms with E-state index in [4.69, 9.17) is 0 Å². The minimum Gasteiger partial charge on any atom is -0.310 e. The summed E-state index contributed by atoms with van der Waals surface area (Å²) in [6.45, 7) is 2.13. The molecule has 2 aliphatic rings. The van der Waals surface area contributed by atoms with Gasteiger partial charge in [0.1, 0.15) is 0 Å². The predicted octanol–water partition coefficient (Wildman–Crippen LogP) is 9.97. The first-order valence-corrected chi connectivity index (χ1v) is 13.5. The number of anilines is 3. The maximum absolute atomic E-state index is 2.49. The third-order valence-electron chi connectivity index (χ3n) is 8.49. The molecule has 37 heavy (non-hydrogen) atoms. The number of hydrogen-bond donors (Lipinski definition) is 0. The maximum atomic E-state index is 2.49. The second kappa shape index (κ2) is 8.78. The summed E-state index contributed by atoms with van der Waals surface area (Å²) in [6.07, 6.45) is 5.11. The quantitative estimate of drug-likeness (QED) is 0.249. The van der Waals surface area contributed by atoms with Gasteiger partial charge in [0, 0.05) is 22.5 Å². The molecule has 1 spiro atoms. The van der Waals surface area contributed by atoms with Crippen LogP contribution < -0.4 is 4.90 Å². The van der Waals surface area contributed by atoms with Gasteiger partial charge in [0.2, 0.25) is 0 Å². The summed E-state index contributed by atoms with van der Waals surface area (Å²) >= 11 is 0. The van der Waals surface area contributed by atoms with Crippen molar-refractivity contribution in [2.45, 2.75) is 38.0 Å². The van der Waals surface area contributed by atoms with Gasteiger partial charge >= 0.3 is 0 Å². The van der Waals surface area contributed by atoms with Gasteiger partial charge in [0.15, 0.2) is 0 Å². The summed E-state index contributed by atoms with van der Waals surface area (Å²) in [4.78, 5) is 2.41. The summed E-state index contributed by atoms with van der Waals surface area (Å²) in [5, 5.41) is 0. The number of benzene rings is 5. The van der Waals surface area contributed by atoms with Gasteiger partial charge in [-0.15, -0.1) is 0 Å². The van der Waals surface area contributed by atoms with Crippen LogP contribution in [0.3, 0.4) is 0 Å². The molecule has 0 amide bonds. The molecule has 0 bridgehead atoms. The van der Waals surface area contributed by atoms with Crippen LogP contribution in [-0.4, -0.2) is 0 Å². The summed E-state index contributed by atoms with van der Waals surface area (Å²) in [5.74, 6) is 0. The third-order valence-corrected chi connectivity index (χ3v) is 8.49. The minimum atomic E-state index is 0.166. The van der Waals surface area contributed by atoms with Crippen LogP contribution in [-0.2, 0) is 5.41 Å². The van der Waals surface area contributed by atoms with Gasteiger partial charge < -0.3 is 4.90 Å². The van der Waals surface area contributed by atoms with Crippen LogP contribution >= 0.6 is 0 Å². The van der Waals surface area contributed by atoms with Crippen molar-refractivity contribution in [1.82, 2.24) is 0 Å². The van der Waals surface area contributed by atoms with E-state index in [1.54, 1.807) is 0 Å². The average Bonchev–Trinajstić information content (AvgIpc) is 3.55. The van der Waals surface area contributed by atoms with Gasteiger partial charge in [-0.2, -0.15) is 0 Å². The molecule has 5 aromatic carbocycles. The first-order valence-electron chi connectivity index (χ1n) is 13.5. The van der Waals surface area contributed by atoms with Gasteiger partial charge in [-0.1, -0.05) is 103 Å². The van der Waals surface area contributed by atoms with Crippen molar-refractivity contribution in [3.05, 3.63) is 138 Å². The van der Waals surface area contributed by atoms with Crippen molar-refractivity contribution >= 4 is 17.1 Å². The highest BCUT2D eigenvalue weighted by molar-refractivity contribution is 5.86. The smallest absolute Gasteiger partial charge is 0.0465 e. The van der Waals surface area contributed by atoms with Crippen molar-refractivity contribution in [2.24, 2.45) is 0 Å². The van der Waals surface area contributed by atoms with Crippen LogP contribution in [0, 0.1) is 6.92 Å². The lowest BCUT2D eigenvalue weighted by Crippen LogP contribution is -2.21. The molecule has 7 rings (SSSR count). The van der Waals surface area contributed by atoms with E-state index in [0.29, 0.717) is 0 Å². The van der Waals surface area contributed by atoms with Gasteiger partial charge in [-0.3, -0.25) is 0 Å². The highest BCUT2D eigenvalue weighted by Crippen LogP contribution is 2.57. The monoisotopic (exact) mass is 477 g/mol. The Bertz CT molecular complexity index is 1560. The molecular formula is C36H31N. The molecule has 1 fully saturated rings. The first kappa shape index (κ1) is 22.1. The number of fused-ring (bicyclic) bond motifs is 5. The van der Waals surface area contributed by atoms with E-state index < -0.39 is 0 Å². The molecule has 180 valence electrons. The molecule has 0 heterocycles. The second-order valence-corrected chi connectivity index (χ2v) is 10.6. The summed E-state index contributed by atoms with van der Waals surface area (Å²) < 4.78 is 0. The van der Waals surface area contributed by atoms with E-state index >= 15 is 0 Å². The van der Waals surface area contributed by atoms with Crippen molar-refractivity contribution < 1.29 is 0 Å².